The van der Waals surface area contributed by atoms with Crippen LogP contribution in [0.4, 0.5) is 0 Å². The quantitative estimate of drug-likeness (QED) is 0.713. The van der Waals surface area contributed by atoms with Crippen LogP contribution in [0.1, 0.15) is 19.8 Å². The van der Waals surface area contributed by atoms with Gasteiger partial charge in [0.2, 0.25) is 0 Å². The predicted molar refractivity (Wildman–Crippen MR) is 71.2 cm³/mol. The number of aromatic nitrogens is 1. The predicted octanol–water partition coefficient (Wildman–Crippen LogP) is 3.45. The number of aryl methyl sites for hydroxylation is 1. The van der Waals surface area contributed by atoms with Gasteiger partial charge in [0.15, 0.2) is 0 Å². The zero-order valence-electron chi connectivity index (χ0n) is 10.1. The van der Waals surface area contributed by atoms with Crippen LogP contribution < -0.4 is 4.74 Å². The molecule has 0 amide bonds. The third-order valence-electron chi connectivity index (χ3n) is 2.82. The molecule has 1 aromatic carbocycles. The first kappa shape index (κ1) is 11.6. The summed E-state index contributed by atoms with van der Waals surface area (Å²) >= 11 is 0. The number of unbranched alkanes of at least 4 members (excludes halogenated alkanes) is 1. The van der Waals surface area contributed by atoms with Gasteiger partial charge in [-0.3, -0.25) is 0 Å². The van der Waals surface area contributed by atoms with Gasteiger partial charge >= 0.3 is 0 Å². The summed E-state index contributed by atoms with van der Waals surface area (Å²) < 4.78 is 7.69. The average molecular weight is 227 g/mol. The molecule has 0 spiro atoms. The molecule has 0 N–H and O–H groups in total. The molecular formula is C15H17NO. The second-order valence-corrected chi connectivity index (χ2v) is 4.08. The maximum absolute atomic E-state index is 5.41. The molecule has 88 valence electrons. The number of terminal acetylenes is 1. The molecule has 2 aromatic rings. The van der Waals surface area contributed by atoms with Crippen LogP contribution in [0, 0.1) is 12.3 Å². The Balaban J connectivity index is 2.22. The van der Waals surface area contributed by atoms with E-state index in [2.05, 4.69) is 35.7 Å². The van der Waals surface area contributed by atoms with Crippen LogP contribution in [0.25, 0.3) is 10.9 Å². The highest BCUT2D eigenvalue weighted by Gasteiger charge is 2.02. The molecule has 0 aliphatic rings. The lowest BCUT2D eigenvalue weighted by Gasteiger charge is -2.05. The molecular weight excluding hydrogens is 210 g/mol. The summed E-state index contributed by atoms with van der Waals surface area (Å²) in [6.07, 6.45) is 9.72. The minimum absolute atomic E-state index is 0.321. The molecule has 0 radical (unpaired) electrons. The van der Waals surface area contributed by atoms with Crippen molar-refractivity contribution in [2.75, 3.05) is 6.61 Å². The molecule has 17 heavy (non-hydrogen) atoms. The first-order chi connectivity index (χ1) is 8.35. The molecule has 0 saturated heterocycles. The Morgan fingerprint density at radius 3 is 3.00 bits per heavy atom. The number of ether oxygens (including phenoxy) is 1. The summed E-state index contributed by atoms with van der Waals surface area (Å²) in [5.41, 5.74) is 1.26. The second-order valence-electron chi connectivity index (χ2n) is 4.08. The smallest absolute Gasteiger partial charge is 0.148 e. The Morgan fingerprint density at radius 2 is 2.24 bits per heavy atom. The second kappa shape index (κ2) is 5.45. The van der Waals surface area contributed by atoms with E-state index in [0.29, 0.717) is 6.61 Å². The summed E-state index contributed by atoms with van der Waals surface area (Å²) in [6.45, 7) is 3.60. The summed E-state index contributed by atoms with van der Waals surface area (Å²) in [7, 11) is 0. The van der Waals surface area contributed by atoms with Crippen molar-refractivity contribution in [2.24, 2.45) is 0 Å². The van der Waals surface area contributed by atoms with Crippen LogP contribution >= 0.6 is 0 Å². The van der Waals surface area contributed by atoms with Crippen molar-refractivity contribution in [3.05, 3.63) is 30.5 Å². The third-order valence-corrected chi connectivity index (χ3v) is 2.82. The zero-order valence-corrected chi connectivity index (χ0v) is 10.1. The highest BCUT2D eigenvalue weighted by molar-refractivity contribution is 5.81. The molecule has 0 unspecified atom stereocenters. The van der Waals surface area contributed by atoms with E-state index in [0.717, 1.165) is 12.3 Å². The van der Waals surface area contributed by atoms with E-state index in [1.165, 1.54) is 23.7 Å². The molecule has 0 aliphatic heterocycles. The van der Waals surface area contributed by atoms with Gasteiger partial charge in [0, 0.05) is 23.6 Å². The molecule has 2 rings (SSSR count). The van der Waals surface area contributed by atoms with Gasteiger partial charge in [-0.1, -0.05) is 19.3 Å². The first-order valence-corrected chi connectivity index (χ1v) is 6.00. The molecule has 2 heteroatoms. The molecule has 2 nitrogen and oxygen atoms in total. The highest BCUT2D eigenvalue weighted by atomic mass is 16.5. The van der Waals surface area contributed by atoms with E-state index >= 15 is 0 Å². The summed E-state index contributed by atoms with van der Waals surface area (Å²) in [5.74, 6) is 3.31. The Morgan fingerprint density at radius 1 is 1.35 bits per heavy atom. The van der Waals surface area contributed by atoms with Crippen LogP contribution in [-0.4, -0.2) is 11.2 Å². The fraction of sp³-hybridized carbons (Fsp3) is 0.333. The largest absolute Gasteiger partial charge is 0.481 e. The van der Waals surface area contributed by atoms with E-state index in [-0.39, 0.29) is 0 Å². The Labute approximate surface area is 102 Å². The van der Waals surface area contributed by atoms with Gasteiger partial charge in [0.1, 0.15) is 12.4 Å². The minimum Gasteiger partial charge on any atom is -0.481 e. The van der Waals surface area contributed by atoms with Crippen LogP contribution in [0.3, 0.4) is 0 Å². The maximum Gasteiger partial charge on any atom is 0.148 e. The topological polar surface area (TPSA) is 14.2 Å². The SMILES string of the molecule is C#CCOc1ccc2c(ccn2CCCC)c1. The van der Waals surface area contributed by atoms with E-state index in [9.17, 15) is 0 Å². The molecule has 0 bridgehead atoms. The zero-order chi connectivity index (χ0) is 12.1. The maximum atomic E-state index is 5.41. The molecule has 0 aliphatic carbocycles. The van der Waals surface area contributed by atoms with Crippen molar-refractivity contribution >= 4 is 10.9 Å². The monoisotopic (exact) mass is 227 g/mol. The average Bonchev–Trinajstić information content (AvgIpc) is 2.76. The van der Waals surface area contributed by atoms with Crippen LogP contribution in [-0.2, 0) is 6.54 Å². The van der Waals surface area contributed by atoms with E-state index < -0.39 is 0 Å². The fourth-order valence-electron chi connectivity index (χ4n) is 1.92. The van der Waals surface area contributed by atoms with Crippen molar-refractivity contribution in [3.63, 3.8) is 0 Å². The highest BCUT2D eigenvalue weighted by Crippen LogP contribution is 2.22. The third kappa shape index (κ3) is 2.62. The molecule has 0 saturated carbocycles. The summed E-state index contributed by atoms with van der Waals surface area (Å²) in [4.78, 5) is 0. The van der Waals surface area contributed by atoms with E-state index in [4.69, 9.17) is 11.2 Å². The van der Waals surface area contributed by atoms with Gasteiger partial charge in [-0.15, -0.1) is 6.42 Å². The number of hydrogen-bond acceptors (Lipinski definition) is 1. The lowest BCUT2D eigenvalue weighted by atomic mass is 10.2. The fourth-order valence-corrected chi connectivity index (χ4v) is 1.92. The van der Waals surface area contributed by atoms with Crippen molar-refractivity contribution < 1.29 is 4.74 Å². The van der Waals surface area contributed by atoms with Crippen LogP contribution in [0.5, 0.6) is 5.75 Å². The number of fused-ring (bicyclic) bond motifs is 1. The molecule has 1 aromatic heterocycles. The minimum atomic E-state index is 0.321. The summed E-state index contributed by atoms with van der Waals surface area (Å²) in [6, 6.07) is 8.22. The Hall–Kier alpha value is -1.88. The molecule has 1 heterocycles. The standard InChI is InChI=1S/C15H17NO/c1-3-5-9-16-10-8-13-12-14(17-11-4-2)6-7-15(13)16/h2,6-8,10,12H,3,5,9,11H2,1H3. The normalized spacial score (nSPS) is 10.4. The van der Waals surface area contributed by atoms with Crippen molar-refractivity contribution in [1.82, 2.24) is 4.57 Å². The van der Waals surface area contributed by atoms with E-state index in [1.807, 2.05) is 12.1 Å². The van der Waals surface area contributed by atoms with E-state index in [1.54, 1.807) is 0 Å². The van der Waals surface area contributed by atoms with Gasteiger partial charge in [0.25, 0.3) is 0 Å². The van der Waals surface area contributed by atoms with Gasteiger partial charge in [0.05, 0.1) is 0 Å². The van der Waals surface area contributed by atoms with Crippen molar-refractivity contribution in [3.8, 4) is 18.1 Å². The number of rotatable bonds is 5. The van der Waals surface area contributed by atoms with Crippen molar-refractivity contribution in [2.45, 2.75) is 26.3 Å². The molecule has 0 atom stereocenters. The van der Waals surface area contributed by atoms with Crippen LogP contribution in [0.15, 0.2) is 30.5 Å². The lowest BCUT2D eigenvalue weighted by Crippen LogP contribution is -1.96. The van der Waals surface area contributed by atoms with Crippen molar-refractivity contribution in [1.29, 1.82) is 0 Å². The van der Waals surface area contributed by atoms with Gasteiger partial charge in [-0.25, -0.2) is 0 Å². The Bertz CT molecular complexity index is 533. The summed E-state index contributed by atoms with van der Waals surface area (Å²) in [5, 5.41) is 1.20. The number of benzene rings is 1. The number of hydrogen-bond donors (Lipinski definition) is 0. The first-order valence-electron chi connectivity index (χ1n) is 6.00. The number of nitrogens with zero attached hydrogens (tertiary/aromatic N) is 1. The van der Waals surface area contributed by atoms with Gasteiger partial charge in [-0.05, 0) is 30.7 Å². The van der Waals surface area contributed by atoms with Gasteiger partial charge < -0.3 is 9.30 Å². The van der Waals surface area contributed by atoms with Crippen LogP contribution in [0.2, 0.25) is 0 Å². The lowest BCUT2D eigenvalue weighted by molar-refractivity contribution is 0.371. The molecule has 0 fully saturated rings. The Kier molecular flexibility index (Phi) is 3.72. The van der Waals surface area contributed by atoms with Gasteiger partial charge in [-0.2, -0.15) is 0 Å².